The Bertz CT molecular complexity index is 853. The van der Waals surface area contributed by atoms with Crippen LogP contribution in [0.1, 0.15) is 35.4 Å². The topological polar surface area (TPSA) is 62.1 Å². The number of rotatable bonds is 4. The molecule has 26 heavy (non-hydrogen) atoms. The van der Waals surface area contributed by atoms with Crippen LogP contribution in [-0.4, -0.2) is 18.6 Å². The molecule has 1 aliphatic rings. The Kier molecular flexibility index (Phi) is 5.83. The molecule has 1 N–H and O–H groups in total. The Morgan fingerprint density at radius 3 is 2.65 bits per heavy atom. The molecule has 2 aromatic rings. The van der Waals surface area contributed by atoms with Crippen molar-refractivity contribution in [2.45, 2.75) is 31.8 Å². The molecule has 2 aromatic carbocycles. The maximum atomic E-state index is 12.3. The van der Waals surface area contributed by atoms with Crippen molar-refractivity contribution in [1.82, 2.24) is 0 Å². The van der Waals surface area contributed by atoms with E-state index in [1.165, 1.54) is 0 Å². The molecule has 0 spiro atoms. The Balaban J connectivity index is 1.87. The molecule has 4 nitrogen and oxygen atoms in total. The van der Waals surface area contributed by atoms with E-state index in [1.54, 1.807) is 18.2 Å². The standard InChI is InChI=1S/C20H18Cl2N2O2/c1-12-9-15(16(11-23)13-4-6-14(21)7-5-13)17(22)10-18(12)24-20(25)19-3-2-8-26-19/h4-7,9-10,16,19H,2-3,8H2,1H3,(H,24,25)/t16-,19+/m1/s1. The van der Waals surface area contributed by atoms with E-state index in [0.717, 1.165) is 24.0 Å². The molecule has 6 heteroatoms. The molecule has 2 atom stereocenters. The summed E-state index contributed by atoms with van der Waals surface area (Å²) in [6.45, 7) is 2.49. The largest absolute Gasteiger partial charge is 0.368 e. The molecule has 134 valence electrons. The maximum absolute atomic E-state index is 12.3. The molecule has 0 saturated carbocycles. The second kappa shape index (κ2) is 8.09. The number of carbonyl (C=O) groups excluding carboxylic acids is 1. The number of nitrogens with one attached hydrogen (secondary N) is 1. The number of anilines is 1. The zero-order chi connectivity index (χ0) is 18.7. The number of carbonyl (C=O) groups is 1. The molecule has 3 rings (SSSR count). The second-order valence-corrected chi connectivity index (χ2v) is 7.14. The molecule has 1 fully saturated rings. The molecule has 0 radical (unpaired) electrons. The highest BCUT2D eigenvalue weighted by atomic mass is 35.5. The molecule has 1 saturated heterocycles. The van der Waals surface area contributed by atoms with Crippen molar-refractivity contribution in [2.75, 3.05) is 11.9 Å². The number of benzene rings is 2. The minimum atomic E-state index is -0.513. The summed E-state index contributed by atoms with van der Waals surface area (Å²) >= 11 is 12.4. The van der Waals surface area contributed by atoms with E-state index < -0.39 is 12.0 Å². The van der Waals surface area contributed by atoms with Crippen LogP contribution in [0.5, 0.6) is 0 Å². The molecule has 0 unspecified atom stereocenters. The first-order valence-corrected chi connectivity index (χ1v) is 9.13. The normalized spacial score (nSPS) is 17.5. The van der Waals surface area contributed by atoms with Gasteiger partial charge in [0, 0.05) is 22.3 Å². The summed E-state index contributed by atoms with van der Waals surface area (Å²) in [6.07, 6.45) is 1.21. The van der Waals surface area contributed by atoms with Crippen LogP contribution in [0.3, 0.4) is 0 Å². The van der Waals surface area contributed by atoms with Crippen molar-refractivity contribution in [1.29, 1.82) is 5.26 Å². The van der Waals surface area contributed by atoms with E-state index >= 15 is 0 Å². The van der Waals surface area contributed by atoms with E-state index in [2.05, 4.69) is 11.4 Å². The summed E-state index contributed by atoms with van der Waals surface area (Å²) in [7, 11) is 0. The van der Waals surface area contributed by atoms with Gasteiger partial charge in [-0.2, -0.15) is 5.26 Å². The number of halogens is 2. The van der Waals surface area contributed by atoms with Gasteiger partial charge in [-0.25, -0.2) is 0 Å². The molecule has 1 amide bonds. The van der Waals surface area contributed by atoms with Crippen LogP contribution in [0, 0.1) is 18.3 Å². The third-order valence-electron chi connectivity index (χ3n) is 4.47. The first-order chi connectivity index (χ1) is 12.5. The van der Waals surface area contributed by atoms with Crippen molar-refractivity contribution >= 4 is 34.8 Å². The van der Waals surface area contributed by atoms with Crippen LogP contribution in [-0.2, 0) is 9.53 Å². The van der Waals surface area contributed by atoms with Gasteiger partial charge in [0.25, 0.3) is 5.91 Å². The zero-order valence-corrected chi connectivity index (χ0v) is 15.8. The van der Waals surface area contributed by atoms with E-state index in [0.29, 0.717) is 27.9 Å². The van der Waals surface area contributed by atoms with Crippen LogP contribution in [0.25, 0.3) is 0 Å². The fraction of sp³-hybridized carbons (Fsp3) is 0.300. The second-order valence-electron chi connectivity index (χ2n) is 6.29. The van der Waals surface area contributed by atoms with Gasteiger partial charge in [0.1, 0.15) is 6.10 Å². The van der Waals surface area contributed by atoms with E-state index in [-0.39, 0.29) is 5.91 Å². The van der Waals surface area contributed by atoms with Crippen LogP contribution in [0.4, 0.5) is 5.69 Å². The van der Waals surface area contributed by atoms with Gasteiger partial charge in [0.15, 0.2) is 0 Å². The Morgan fingerprint density at radius 1 is 1.31 bits per heavy atom. The molecule has 1 aliphatic heterocycles. The molecular formula is C20H18Cl2N2O2. The Labute approximate surface area is 162 Å². The lowest BCUT2D eigenvalue weighted by molar-refractivity contribution is -0.124. The maximum Gasteiger partial charge on any atom is 0.253 e. The number of amides is 1. The van der Waals surface area contributed by atoms with Crippen molar-refractivity contribution in [3.05, 3.63) is 63.1 Å². The molecule has 0 aromatic heterocycles. The summed E-state index contributed by atoms with van der Waals surface area (Å²) < 4.78 is 5.41. The van der Waals surface area contributed by atoms with Crippen molar-refractivity contribution < 1.29 is 9.53 Å². The summed E-state index contributed by atoms with van der Waals surface area (Å²) in [5.74, 6) is -0.676. The van der Waals surface area contributed by atoms with E-state index in [1.807, 2.05) is 25.1 Å². The van der Waals surface area contributed by atoms with Gasteiger partial charge in [-0.15, -0.1) is 0 Å². The zero-order valence-electron chi connectivity index (χ0n) is 14.3. The van der Waals surface area contributed by atoms with Crippen LogP contribution < -0.4 is 5.32 Å². The predicted molar refractivity (Wildman–Crippen MR) is 103 cm³/mol. The summed E-state index contributed by atoms with van der Waals surface area (Å²) in [5, 5.41) is 13.6. The van der Waals surface area contributed by atoms with Gasteiger partial charge in [-0.05, 0) is 54.7 Å². The highest BCUT2D eigenvalue weighted by molar-refractivity contribution is 6.32. The molecule has 1 heterocycles. The van der Waals surface area contributed by atoms with Crippen LogP contribution >= 0.6 is 23.2 Å². The Morgan fingerprint density at radius 2 is 2.04 bits per heavy atom. The minimum absolute atomic E-state index is 0.163. The number of hydrogen-bond donors (Lipinski definition) is 1. The van der Waals surface area contributed by atoms with Gasteiger partial charge in [0.2, 0.25) is 0 Å². The van der Waals surface area contributed by atoms with Gasteiger partial charge in [-0.1, -0.05) is 41.4 Å². The average molecular weight is 389 g/mol. The third-order valence-corrected chi connectivity index (χ3v) is 5.05. The Hall–Kier alpha value is -2.06. The predicted octanol–water partition coefficient (Wildman–Crippen LogP) is 5.07. The minimum Gasteiger partial charge on any atom is -0.368 e. The SMILES string of the molecule is Cc1cc([C@H](C#N)c2ccc(Cl)cc2)c(Cl)cc1NC(=O)[C@@H]1CCCO1. The lowest BCUT2D eigenvalue weighted by Crippen LogP contribution is -2.27. The number of ether oxygens (including phenoxy) is 1. The molecule has 0 bridgehead atoms. The lowest BCUT2D eigenvalue weighted by Gasteiger charge is -2.17. The smallest absolute Gasteiger partial charge is 0.253 e. The van der Waals surface area contributed by atoms with E-state index in [4.69, 9.17) is 27.9 Å². The number of hydrogen-bond acceptors (Lipinski definition) is 3. The van der Waals surface area contributed by atoms with E-state index in [9.17, 15) is 10.1 Å². The number of nitrogens with zero attached hydrogens (tertiary/aromatic N) is 1. The molecule has 0 aliphatic carbocycles. The first kappa shape index (κ1) is 18.7. The third kappa shape index (κ3) is 4.02. The monoisotopic (exact) mass is 388 g/mol. The van der Waals surface area contributed by atoms with Crippen molar-refractivity contribution in [3.8, 4) is 6.07 Å². The van der Waals surface area contributed by atoms with Gasteiger partial charge >= 0.3 is 0 Å². The number of nitriles is 1. The summed E-state index contributed by atoms with van der Waals surface area (Å²) in [5.41, 5.74) is 2.98. The average Bonchev–Trinajstić information content (AvgIpc) is 3.16. The van der Waals surface area contributed by atoms with Gasteiger partial charge in [0.05, 0.1) is 12.0 Å². The first-order valence-electron chi connectivity index (χ1n) is 8.37. The van der Waals surface area contributed by atoms with Gasteiger partial charge < -0.3 is 10.1 Å². The lowest BCUT2D eigenvalue weighted by atomic mass is 9.91. The summed E-state index contributed by atoms with van der Waals surface area (Å²) in [6, 6.07) is 13.0. The van der Waals surface area contributed by atoms with Crippen molar-refractivity contribution in [2.24, 2.45) is 0 Å². The van der Waals surface area contributed by atoms with Crippen LogP contribution in [0.15, 0.2) is 36.4 Å². The highest BCUT2D eigenvalue weighted by Gasteiger charge is 2.25. The fourth-order valence-corrected chi connectivity index (χ4v) is 3.44. The summed E-state index contributed by atoms with van der Waals surface area (Å²) in [4.78, 5) is 12.3. The quantitative estimate of drug-likeness (QED) is 0.794. The van der Waals surface area contributed by atoms with Crippen LogP contribution in [0.2, 0.25) is 10.0 Å². The van der Waals surface area contributed by atoms with Crippen molar-refractivity contribution in [3.63, 3.8) is 0 Å². The fourth-order valence-electron chi connectivity index (χ4n) is 3.04. The van der Waals surface area contributed by atoms with Gasteiger partial charge in [-0.3, -0.25) is 4.79 Å². The highest BCUT2D eigenvalue weighted by Crippen LogP contribution is 2.34. The number of aryl methyl sites for hydroxylation is 1. The molecular weight excluding hydrogens is 371 g/mol.